The van der Waals surface area contributed by atoms with Crippen LogP contribution in [0.2, 0.25) is 5.15 Å². The van der Waals surface area contributed by atoms with Crippen molar-refractivity contribution < 1.29 is 23.8 Å². The molecule has 0 saturated heterocycles. The highest BCUT2D eigenvalue weighted by Gasteiger charge is 2.26. The van der Waals surface area contributed by atoms with Crippen LogP contribution < -0.4 is 0 Å². The van der Waals surface area contributed by atoms with Crippen LogP contribution in [-0.2, 0) is 27.2 Å². The summed E-state index contributed by atoms with van der Waals surface area (Å²) in [6, 6.07) is 15.8. The van der Waals surface area contributed by atoms with Gasteiger partial charge in [-0.15, -0.1) is 10.2 Å². The van der Waals surface area contributed by atoms with Gasteiger partial charge in [-0.3, -0.25) is 0 Å². The number of nitrogens with zero attached hydrogens (tertiary/aromatic N) is 5. The number of aromatic amines is 1. The Morgan fingerprint density at radius 2 is 1.70 bits per heavy atom. The Bertz CT molecular complexity index is 1470. The first-order chi connectivity index (χ1) is 20.9. The number of ether oxygens (including phenoxy) is 3. The van der Waals surface area contributed by atoms with Crippen LogP contribution in [-0.4, -0.2) is 55.2 Å². The summed E-state index contributed by atoms with van der Waals surface area (Å²) in [6.07, 6.45) is 4.26. The van der Waals surface area contributed by atoms with Gasteiger partial charge < -0.3 is 18.8 Å². The van der Waals surface area contributed by atoms with Crippen LogP contribution in [0, 0.1) is 0 Å². The van der Waals surface area contributed by atoms with E-state index in [1.54, 1.807) is 4.57 Å². The van der Waals surface area contributed by atoms with Gasteiger partial charge in [-0.2, -0.15) is 5.21 Å². The van der Waals surface area contributed by atoms with Crippen molar-refractivity contribution >= 4 is 23.7 Å². The van der Waals surface area contributed by atoms with E-state index in [2.05, 4.69) is 39.5 Å². The van der Waals surface area contributed by atoms with Gasteiger partial charge in [0.05, 0.1) is 6.61 Å². The summed E-state index contributed by atoms with van der Waals surface area (Å²) in [5.41, 5.74) is 3.82. The molecule has 0 radical (unpaired) electrons. The summed E-state index contributed by atoms with van der Waals surface area (Å²) < 4.78 is 17.4. The molecule has 0 bridgehead atoms. The SMILES string of the molecule is CCCCCCOC(=O)OC(C)OC(=O)c1c(Cl)nc(CCCC)n1Cc1ccc(-c2ccccc2-c2nn[nH]n2)cc1. The number of aromatic nitrogens is 6. The number of benzene rings is 2. The van der Waals surface area contributed by atoms with Crippen LogP contribution in [0.5, 0.6) is 0 Å². The molecule has 0 amide bonds. The number of carbonyl (C=O) groups excluding carboxylic acids is 2. The van der Waals surface area contributed by atoms with Gasteiger partial charge in [0.2, 0.25) is 12.1 Å². The Labute approximate surface area is 255 Å². The molecular formula is C31H37ClN6O5. The number of unbranched alkanes of at least 4 members (excludes halogenated alkanes) is 4. The standard InChI is InChI=1S/C31H37ClN6O5/c1-4-6-8-11-19-41-31(40)43-21(3)42-30(39)27-28(32)33-26(14-7-5-2)38(27)20-22-15-17-23(18-16-22)24-12-9-10-13-25(24)29-34-36-37-35-29/h9-10,12-13,15-18,21H,4-8,11,14,19-20H2,1-3H3,(H,34,35,36,37). The average Bonchev–Trinajstić information content (AvgIpc) is 3.64. The van der Waals surface area contributed by atoms with E-state index in [1.807, 2.05) is 48.5 Å². The zero-order chi connectivity index (χ0) is 30.6. The maximum atomic E-state index is 13.3. The second-order valence-corrected chi connectivity index (χ2v) is 10.4. The fraction of sp³-hybridized carbons (Fsp3) is 0.419. The van der Waals surface area contributed by atoms with Gasteiger partial charge in [0.1, 0.15) is 5.82 Å². The molecule has 2 aromatic heterocycles. The first-order valence-corrected chi connectivity index (χ1v) is 15.0. The van der Waals surface area contributed by atoms with Crippen LogP contribution in [0.1, 0.15) is 81.2 Å². The highest BCUT2D eigenvalue weighted by atomic mass is 35.5. The third-order valence-electron chi connectivity index (χ3n) is 6.82. The Kier molecular flexibility index (Phi) is 11.7. The van der Waals surface area contributed by atoms with E-state index in [0.717, 1.165) is 60.8 Å². The summed E-state index contributed by atoms with van der Waals surface area (Å²) in [5, 5.41) is 14.4. The minimum Gasteiger partial charge on any atom is -0.434 e. The van der Waals surface area contributed by atoms with Crippen molar-refractivity contribution in [2.75, 3.05) is 6.61 Å². The number of carbonyl (C=O) groups is 2. The van der Waals surface area contributed by atoms with Gasteiger partial charge >= 0.3 is 12.1 Å². The summed E-state index contributed by atoms with van der Waals surface area (Å²) in [7, 11) is 0. The van der Waals surface area contributed by atoms with Gasteiger partial charge in [-0.05, 0) is 34.7 Å². The van der Waals surface area contributed by atoms with Crippen molar-refractivity contribution in [1.29, 1.82) is 0 Å². The molecule has 43 heavy (non-hydrogen) atoms. The fourth-order valence-corrected chi connectivity index (χ4v) is 4.90. The third-order valence-corrected chi connectivity index (χ3v) is 7.09. The number of tetrazole rings is 1. The van der Waals surface area contributed by atoms with Crippen molar-refractivity contribution in [3.8, 4) is 22.5 Å². The molecule has 0 spiro atoms. The van der Waals surface area contributed by atoms with Crippen molar-refractivity contribution in [3.05, 3.63) is 70.8 Å². The van der Waals surface area contributed by atoms with Crippen LogP contribution >= 0.6 is 11.6 Å². The molecule has 0 fully saturated rings. The zero-order valence-electron chi connectivity index (χ0n) is 24.7. The van der Waals surface area contributed by atoms with Crippen LogP contribution in [0.25, 0.3) is 22.5 Å². The highest BCUT2D eigenvalue weighted by molar-refractivity contribution is 6.32. The lowest BCUT2D eigenvalue weighted by Gasteiger charge is -2.16. The molecule has 1 unspecified atom stereocenters. The Morgan fingerprint density at radius 3 is 2.40 bits per heavy atom. The lowest BCUT2D eigenvalue weighted by atomic mass is 9.98. The normalized spacial score (nSPS) is 11.7. The molecule has 4 aromatic rings. The maximum absolute atomic E-state index is 13.3. The molecule has 0 aliphatic rings. The Hall–Kier alpha value is -4.25. The van der Waals surface area contributed by atoms with Gasteiger partial charge in [-0.1, -0.05) is 99.7 Å². The van der Waals surface area contributed by atoms with E-state index in [1.165, 1.54) is 6.92 Å². The quantitative estimate of drug-likeness (QED) is 0.0858. The van der Waals surface area contributed by atoms with E-state index in [4.69, 9.17) is 25.8 Å². The van der Waals surface area contributed by atoms with Gasteiger partial charge in [0.25, 0.3) is 0 Å². The third kappa shape index (κ3) is 8.63. The molecule has 1 atom stereocenters. The molecule has 1 N–H and O–H groups in total. The number of nitrogens with one attached hydrogen (secondary N) is 1. The number of esters is 1. The summed E-state index contributed by atoms with van der Waals surface area (Å²) >= 11 is 6.48. The van der Waals surface area contributed by atoms with E-state index >= 15 is 0 Å². The van der Waals surface area contributed by atoms with Crippen LogP contribution in [0.3, 0.4) is 0 Å². The van der Waals surface area contributed by atoms with Crippen molar-refractivity contribution in [2.24, 2.45) is 0 Å². The predicted molar refractivity (Wildman–Crippen MR) is 161 cm³/mol. The lowest BCUT2D eigenvalue weighted by Crippen LogP contribution is -2.24. The Balaban J connectivity index is 1.48. The molecule has 0 saturated carbocycles. The molecule has 4 rings (SSSR count). The first kappa shape index (κ1) is 31.7. The molecule has 0 aliphatic carbocycles. The largest absolute Gasteiger partial charge is 0.511 e. The minimum absolute atomic E-state index is 0.0347. The predicted octanol–water partition coefficient (Wildman–Crippen LogP) is 7.01. The summed E-state index contributed by atoms with van der Waals surface area (Å²) in [5.74, 6) is 0.439. The number of imidazole rings is 1. The molecule has 0 aliphatic heterocycles. The number of aryl methyl sites for hydroxylation is 1. The van der Waals surface area contributed by atoms with Crippen LogP contribution in [0.15, 0.2) is 48.5 Å². The maximum Gasteiger partial charge on any atom is 0.511 e. The highest BCUT2D eigenvalue weighted by Crippen LogP contribution is 2.30. The lowest BCUT2D eigenvalue weighted by molar-refractivity contribution is -0.0825. The first-order valence-electron chi connectivity index (χ1n) is 14.6. The fourth-order valence-electron chi connectivity index (χ4n) is 4.62. The Morgan fingerprint density at radius 1 is 0.953 bits per heavy atom. The van der Waals surface area contributed by atoms with Crippen molar-refractivity contribution in [3.63, 3.8) is 0 Å². The number of hydrogen-bond donors (Lipinski definition) is 1. The van der Waals surface area contributed by atoms with Crippen molar-refractivity contribution in [1.82, 2.24) is 30.2 Å². The summed E-state index contributed by atoms with van der Waals surface area (Å²) in [4.78, 5) is 29.8. The number of H-pyrrole nitrogens is 1. The van der Waals surface area contributed by atoms with Gasteiger partial charge in [-0.25, -0.2) is 14.6 Å². The van der Waals surface area contributed by atoms with Crippen LogP contribution in [0.4, 0.5) is 4.79 Å². The number of rotatable bonds is 15. The molecule has 2 heterocycles. The second-order valence-electron chi connectivity index (χ2n) is 10.1. The smallest absolute Gasteiger partial charge is 0.434 e. The van der Waals surface area contributed by atoms with E-state index in [-0.39, 0.29) is 17.5 Å². The second kappa shape index (κ2) is 15.8. The molecule has 12 heteroatoms. The zero-order valence-corrected chi connectivity index (χ0v) is 25.5. The minimum atomic E-state index is -1.17. The number of hydrogen-bond acceptors (Lipinski definition) is 9. The van der Waals surface area contributed by atoms with E-state index in [9.17, 15) is 9.59 Å². The van der Waals surface area contributed by atoms with Crippen molar-refractivity contribution in [2.45, 2.75) is 78.6 Å². The van der Waals surface area contributed by atoms with E-state index < -0.39 is 18.4 Å². The molecular weight excluding hydrogens is 572 g/mol. The molecule has 11 nitrogen and oxygen atoms in total. The van der Waals surface area contributed by atoms with E-state index in [0.29, 0.717) is 24.6 Å². The number of halogens is 1. The topological polar surface area (TPSA) is 134 Å². The monoisotopic (exact) mass is 608 g/mol. The van der Waals surface area contributed by atoms with Gasteiger partial charge in [0, 0.05) is 25.5 Å². The van der Waals surface area contributed by atoms with Gasteiger partial charge in [0.15, 0.2) is 10.8 Å². The molecule has 228 valence electrons. The molecule has 2 aromatic carbocycles. The average molecular weight is 609 g/mol. The summed E-state index contributed by atoms with van der Waals surface area (Å²) in [6.45, 7) is 6.23.